The first-order valence-corrected chi connectivity index (χ1v) is 10.4. The summed E-state index contributed by atoms with van der Waals surface area (Å²) in [5.74, 6) is 1.46. The van der Waals surface area contributed by atoms with Crippen LogP contribution in [-0.4, -0.2) is 62.3 Å². The molecule has 158 valence electrons. The van der Waals surface area contributed by atoms with Crippen molar-refractivity contribution in [2.45, 2.75) is 79.9 Å². The minimum atomic E-state index is 0. The molecule has 0 aromatic heterocycles. The van der Waals surface area contributed by atoms with Crippen molar-refractivity contribution in [1.82, 2.24) is 15.5 Å². The van der Waals surface area contributed by atoms with Crippen molar-refractivity contribution in [3.63, 3.8) is 0 Å². The fourth-order valence-corrected chi connectivity index (χ4v) is 2.91. The summed E-state index contributed by atoms with van der Waals surface area (Å²) in [4.78, 5) is 7.22. The molecule has 0 aliphatic carbocycles. The molecule has 0 amide bonds. The van der Waals surface area contributed by atoms with Gasteiger partial charge in [0.1, 0.15) is 0 Å². The molecule has 2 unspecified atom stereocenters. The van der Waals surface area contributed by atoms with E-state index in [0.717, 1.165) is 51.6 Å². The van der Waals surface area contributed by atoms with E-state index in [1.54, 1.807) is 0 Å². The van der Waals surface area contributed by atoms with Gasteiger partial charge in [0.25, 0.3) is 0 Å². The summed E-state index contributed by atoms with van der Waals surface area (Å²) >= 11 is 0. The number of hydrogen-bond acceptors (Lipinski definition) is 3. The molecular weight excluding hydrogens is 439 g/mol. The van der Waals surface area contributed by atoms with Crippen LogP contribution in [0.2, 0.25) is 0 Å². The molecular formula is C20H45IN4O. The monoisotopic (exact) mass is 484 g/mol. The molecule has 0 rings (SSSR count). The fraction of sp³-hybridized carbons (Fsp3) is 0.950. The molecule has 0 aromatic rings. The maximum Gasteiger partial charge on any atom is 0.191 e. The lowest BCUT2D eigenvalue weighted by Crippen LogP contribution is -2.42. The molecule has 0 heterocycles. The minimum absolute atomic E-state index is 0. The van der Waals surface area contributed by atoms with Gasteiger partial charge in [0.15, 0.2) is 5.96 Å². The zero-order valence-electron chi connectivity index (χ0n) is 18.3. The van der Waals surface area contributed by atoms with E-state index in [2.05, 4.69) is 64.0 Å². The van der Waals surface area contributed by atoms with Crippen molar-refractivity contribution in [2.24, 2.45) is 10.9 Å². The van der Waals surface area contributed by atoms with Crippen molar-refractivity contribution in [3.8, 4) is 0 Å². The van der Waals surface area contributed by atoms with Crippen LogP contribution in [0.15, 0.2) is 4.99 Å². The van der Waals surface area contributed by atoms with Gasteiger partial charge >= 0.3 is 0 Å². The molecule has 2 atom stereocenters. The van der Waals surface area contributed by atoms with Gasteiger partial charge in [0.05, 0.1) is 6.10 Å². The summed E-state index contributed by atoms with van der Waals surface area (Å²) in [6, 6.07) is 0.432. The summed E-state index contributed by atoms with van der Waals surface area (Å²) in [7, 11) is 0. The molecule has 5 nitrogen and oxygen atoms in total. The number of ether oxygens (including phenoxy) is 1. The molecule has 26 heavy (non-hydrogen) atoms. The highest BCUT2D eigenvalue weighted by molar-refractivity contribution is 14.0. The minimum Gasteiger partial charge on any atom is -0.378 e. The second-order valence-corrected chi connectivity index (χ2v) is 7.00. The van der Waals surface area contributed by atoms with Crippen LogP contribution < -0.4 is 10.6 Å². The topological polar surface area (TPSA) is 48.9 Å². The third-order valence-electron chi connectivity index (χ3n) is 4.54. The number of guanidine groups is 1. The van der Waals surface area contributed by atoms with Crippen molar-refractivity contribution in [2.75, 3.05) is 39.3 Å². The Bertz CT molecular complexity index is 336. The van der Waals surface area contributed by atoms with Gasteiger partial charge in [0, 0.05) is 25.7 Å². The number of rotatable bonds is 14. The molecule has 0 radical (unpaired) electrons. The van der Waals surface area contributed by atoms with Gasteiger partial charge < -0.3 is 20.3 Å². The molecule has 0 bridgehead atoms. The first-order chi connectivity index (χ1) is 12.0. The maximum atomic E-state index is 5.81. The maximum absolute atomic E-state index is 5.81. The smallest absolute Gasteiger partial charge is 0.191 e. The summed E-state index contributed by atoms with van der Waals surface area (Å²) in [5, 5.41) is 6.90. The Hall–Kier alpha value is -0.0800. The van der Waals surface area contributed by atoms with Crippen LogP contribution >= 0.6 is 24.0 Å². The van der Waals surface area contributed by atoms with Gasteiger partial charge in [0.2, 0.25) is 0 Å². The van der Waals surface area contributed by atoms with E-state index in [4.69, 9.17) is 9.73 Å². The normalized spacial score (nSPS) is 14.3. The van der Waals surface area contributed by atoms with Gasteiger partial charge in [-0.2, -0.15) is 0 Å². The standard InChI is InChI=1S/C20H44N4O.HI/c1-8-21-20(22-15-14-19(17(5)6)25-11-4)23-18(7)13-12-16-24(9-2)10-3;/h17-19H,8-16H2,1-7H3,(H2,21,22,23);1H. The van der Waals surface area contributed by atoms with Crippen molar-refractivity contribution >= 4 is 29.9 Å². The van der Waals surface area contributed by atoms with E-state index in [0.29, 0.717) is 18.1 Å². The van der Waals surface area contributed by atoms with Crippen LogP contribution in [0.4, 0.5) is 0 Å². The molecule has 0 saturated carbocycles. The van der Waals surface area contributed by atoms with E-state index in [9.17, 15) is 0 Å². The Kier molecular flexibility index (Phi) is 19.8. The Morgan fingerprint density at radius 1 is 1.04 bits per heavy atom. The SMILES string of the molecule is CCNC(=NCCC(OCC)C(C)C)NC(C)CCCN(CC)CC.I. The lowest BCUT2D eigenvalue weighted by Gasteiger charge is -2.22. The molecule has 0 spiro atoms. The second kappa shape index (κ2) is 18.3. The zero-order chi connectivity index (χ0) is 19.1. The predicted molar refractivity (Wildman–Crippen MR) is 126 cm³/mol. The molecule has 0 aliphatic rings. The van der Waals surface area contributed by atoms with E-state index < -0.39 is 0 Å². The van der Waals surface area contributed by atoms with Gasteiger partial charge in [-0.1, -0.05) is 27.7 Å². The third-order valence-corrected chi connectivity index (χ3v) is 4.54. The third kappa shape index (κ3) is 14.0. The summed E-state index contributed by atoms with van der Waals surface area (Å²) in [5.41, 5.74) is 0. The van der Waals surface area contributed by atoms with Crippen LogP contribution in [0.1, 0.15) is 67.7 Å². The van der Waals surface area contributed by atoms with Gasteiger partial charge in [-0.15, -0.1) is 24.0 Å². The molecule has 2 N–H and O–H groups in total. The second-order valence-electron chi connectivity index (χ2n) is 7.00. The number of nitrogens with zero attached hydrogens (tertiary/aromatic N) is 2. The van der Waals surface area contributed by atoms with Gasteiger partial charge in [-0.3, -0.25) is 4.99 Å². The van der Waals surface area contributed by atoms with E-state index >= 15 is 0 Å². The largest absolute Gasteiger partial charge is 0.378 e. The Labute approximate surface area is 180 Å². The summed E-state index contributed by atoms with van der Waals surface area (Å²) in [6.07, 6.45) is 3.64. The number of hydrogen-bond donors (Lipinski definition) is 2. The summed E-state index contributed by atoms with van der Waals surface area (Å²) < 4.78 is 5.81. The van der Waals surface area contributed by atoms with Crippen molar-refractivity contribution in [1.29, 1.82) is 0 Å². The molecule has 0 aromatic carbocycles. The van der Waals surface area contributed by atoms with Crippen LogP contribution in [0.5, 0.6) is 0 Å². The average molecular weight is 485 g/mol. The average Bonchev–Trinajstić information content (AvgIpc) is 2.58. The molecule has 0 fully saturated rings. The van der Waals surface area contributed by atoms with Gasteiger partial charge in [-0.25, -0.2) is 0 Å². The van der Waals surface area contributed by atoms with Crippen molar-refractivity contribution in [3.05, 3.63) is 0 Å². The highest BCUT2D eigenvalue weighted by atomic mass is 127. The number of nitrogens with one attached hydrogen (secondary N) is 2. The van der Waals surface area contributed by atoms with Crippen LogP contribution in [0.25, 0.3) is 0 Å². The van der Waals surface area contributed by atoms with Crippen LogP contribution in [-0.2, 0) is 4.74 Å². The molecule has 0 saturated heterocycles. The predicted octanol–water partition coefficient (Wildman–Crippen LogP) is 4.12. The Morgan fingerprint density at radius 2 is 1.69 bits per heavy atom. The van der Waals surface area contributed by atoms with E-state index in [-0.39, 0.29) is 24.0 Å². The van der Waals surface area contributed by atoms with Crippen LogP contribution in [0.3, 0.4) is 0 Å². The highest BCUT2D eigenvalue weighted by Crippen LogP contribution is 2.10. The summed E-state index contributed by atoms with van der Waals surface area (Å²) in [6.45, 7) is 21.2. The lowest BCUT2D eigenvalue weighted by atomic mass is 10.0. The van der Waals surface area contributed by atoms with Gasteiger partial charge in [-0.05, 0) is 65.6 Å². The quantitative estimate of drug-likeness (QED) is 0.221. The van der Waals surface area contributed by atoms with E-state index in [1.165, 1.54) is 13.0 Å². The highest BCUT2D eigenvalue weighted by Gasteiger charge is 2.13. The Morgan fingerprint density at radius 3 is 2.19 bits per heavy atom. The number of halogens is 1. The molecule has 6 heteroatoms. The first kappa shape index (κ1) is 28.1. The van der Waals surface area contributed by atoms with E-state index in [1.807, 2.05) is 0 Å². The first-order valence-electron chi connectivity index (χ1n) is 10.4. The fourth-order valence-electron chi connectivity index (χ4n) is 2.91. The van der Waals surface area contributed by atoms with Crippen LogP contribution in [0, 0.1) is 5.92 Å². The van der Waals surface area contributed by atoms with Crippen molar-refractivity contribution < 1.29 is 4.74 Å². The Balaban J connectivity index is 0. The molecule has 0 aliphatic heterocycles. The zero-order valence-corrected chi connectivity index (χ0v) is 20.6. The number of aliphatic imine (C=N–C) groups is 1. The lowest BCUT2D eigenvalue weighted by molar-refractivity contribution is 0.0266.